The molecule has 0 spiro atoms. The van der Waals surface area contributed by atoms with Crippen molar-refractivity contribution < 1.29 is 29.3 Å². The number of unbranched alkanes of at least 4 members (excludes halogenated alkanes) is 2. The molecule has 0 aromatic rings. The summed E-state index contributed by atoms with van der Waals surface area (Å²) in [6, 6.07) is -0.922. The summed E-state index contributed by atoms with van der Waals surface area (Å²) >= 11 is 0. The van der Waals surface area contributed by atoms with Crippen molar-refractivity contribution in [1.29, 1.82) is 0 Å². The Balaban J connectivity index is 4.07. The third-order valence-electron chi connectivity index (χ3n) is 3.37. The number of aliphatic hydroxyl groups excluding tert-OH is 2. The third-order valence-corrected chi connectivity index (χ3v) is 3.37. The van der Waals surface area contributed by atoms with Crippen molar-refractivity contribution in [2.24, 2.45) is 0 Å². The van der Waals surface area contributed by atoms with Crippen molar-refractivity contribution in [2.75, 3.05) is 26.8 Å². The van der Waals surface area contributed by atoms with E-state index in [0.29, 0.717) is 6.61 Å². The molecule has 0 fully saturated rings. The van der Waals surface area contributed by atoms with Crippen LogP contribution in [0.2, 0.25) is 0 Å². The van der Waals surface area contributed by atoms with Gasteiger partial charge in [-0.3, -0.25) is 0 Å². The Morgan fingerprint density at radius 1 is 1.25 bits per heavy atom. The van der Waals surface area contributed by atoms with Gasteiger partial charge in [0.1, 0.15) is 0 Å². The highest BCUT2D eigenvalue weighted by Gasteiger charge is 2.38. The smallest absolute Gasteiger partial charge is 0.362 e. The van der Waals surface area contributed by atoms with Gasteiger partial charge in [0, 0.05) is 0 Å². The molecule has 20 heavy (non-hydrogen) atoms. The van der Waals surface area contributed by atoms with Gasteiger partial charge in [-0.1, -0.05) is 25.5 Å². The van der Waals surface area contributed by atoms with Gasteiger partial charge < -0.3 is 20.1 Å². The molecule has 0 aromatic heterocycles. The van der Waals surface area contributed by atoms with E-state index >= 15 is 0 Å². The van der Waals surface area contributed by atoms with Gasteiger partial charge in [-0.25, -0.2) is 9.28 Å². The summed E-state index contributed by atoms with van der Waals surface area (Å²) in [5.41, 5.74) is 0. The van der Waals surface area contributed by atoms with Crippen LogP contribution in [0, 0.1) is 0 Å². The van der Waals surface area contributed by atoms with E-state index in [1.807, 2.05) is 0 Å². The predicted molar refractivity (Wildman–Crippen MR) is 75.6 cm³/mol. The summed E-state index contributed by atoms with van der Waals surface area (Å²) in [5, 5.41) is 27.7. The van der Waals surface area contributed by atoms with Gasteiger partial charge in [0.15, 0.2) is 26.2 Å². The van der Waals surface area contributed by atoms with E-state index in [0.717, 1.165) is 25.7 Å². The van der Waals surface area contributed by atoms with E-state index < -0.39 is 30.0 Å². The molecule has 0 bridgehead atoms. The first kappa shape index (κ1) is 19.1. The van der Waals surface area contributed by atoms with Crippen molar-refractivity contribution in [2.45, 2.75) is 45.6 Å². The summed E-state index contributed by atoms with van der Waals surface area (Å²) in [5.74, 6) is -1.07. The predicted octanol–water partition coefficient (Wildman–Crippen LogP) is 1.29. The Bertz CT molecular complexity index is 289. The fourth-order valence-electron chi connectivity index (χ4n) is 1.67. The van der Waals surface area contributed by atoms with Gasteiger partial charge in [0.05, 0.1) is 6.61 Å². The standard InChI is InChI=1S/C14H27NO5/c1-3-4-5-6-7-8-9-20-12-15(10-16,11-17)13(2)14(18)19/h5-6,13,16-17H,3-4,7-12H2,1-2H3/p+1/b6-5+. The van der Waals surface area contributed by atoms with Crippen molar-refractivity contribution in [1.82, 2.24) is 0 Å². The first-order valence-corrected chi connectivity index (χ1v) is 7.07. The van der Waals surface area contributed by atoms with Crippen LogP contribution in [-0.2, 0) is 9.53 Å². The number of nitrogens with zero attached hydrogens (tertiary/aromatic N) is 1. The second-order valence-corrected chi connectivity index (χ2v) is 4.96. The Kier molecular flexibility index (Phi) is 10.3. The molecule has 0 saturated heterocycles. The molecule has 0 aliphatic heterocycles. The lowest BCUT2D eigenvalue weighted by molar-refractivity contribution is -0.989. The Hall–Kier alpha value is -0.950. The van der Waals surface area contributed by atoms with E-state index in [9.17, 15) is 15.0 Å². The quantitative estimate of drug-likeness (QED) is 0.218. The minimum absolute atomic E-state index is 0.0147. The summed E-state index contributed by atoms with van der Waals surface area (Å²) in [6.45, 7) is 3.09. The van der Waals surface area contributed by atoms with Crippen LogP contribution in [0.25, 0.3) is 0 Å². The number of aliphatic carboxylic acids is 1. The average Bonchev–Trinajstić information content (AvgIpc) is 2.45. The number of hydrogen-bond acceptors (Lipinski definition) is 4. The summed E-state index contributed by atoms with van der Waals surface area (Å²) in [7, 11) is 0. The molecule has 0 heterocycles. The van der Waals surface area contributed by atoms with Crippen LogP contribution < -0.4 is 0 Å². The van der Waals surface area contributed by atoms with Crippen molar-refractivity contribution >= 4 is 5.97 Å². The van der Waals surface area contributed by atoms with E-state index in [-0.39, 0.29) is 6.73 Å². The molecule has 1 unspecified atom stereocenters. The highest BCUT2D eigenvalue weighted by Crippen LogP contribution is 2.13. The molecule has 0 amide bonds. The Morgan fingerprint density at radius 3 is 2.35 bits per heavy atom. The van der Waals surface area contributed by atoms with Gasteiger partial charge in [-0.15, -0.1) is 0 Å². The largest absolute Gasteiger partial charge is 0.477 e. The summed E-state index contributed by atoms with van der Waals surface area (Å²) < 4.78 is 5.01. The lowest BCUT2D eigenvalue weighted by Crippen LogP contribution is -2.59. The molecule has 0 saturated carbocycles. The number of ether oxygens (including phenoxy) is 1. The van der Waals surface area contributed by atoms with Crippen molar-refractivity contribution in [3.63, 3.8) is 0 Å². The van der Waals surface area contributed by atoms with Crippen LogP contribution in [0.3, 0.4) is 0 Å². The van der Waals surface area contributed by atoms with Crippen LogP contribution in [0.1, 0.15) is 39.5 Å². The molecule has 0 aromatic carbocycles. The second-order valence-electron chi connectivity index (χ2n) is 4.96. The molecule has 118 valence electrons. The van der Waals surface area contributed by atoms with E-state index in [4.69, 9.17) is 9.84 Å². The average molecular weight is 290 g/mol. The maximum atomic E-state index is 11.0. The molecule has 0 aliphatic carbocycles. The molecule has 6 nitrogen and oxygen atoms in total. The summed E-state index contributed by atoms with van der Waals surface area (Å²) in [4.78, 5) is 11.0. The topological polar surface area (TPSA) is 87.0 Å². The molecule has 0 radical (unpaired) electrons. The molecule has 0 aliphatic rings. The molecule has 0 rings (SSSR count). The van der Waals surface area contributed by atoms with Gasteiger partial charge in [-0.05, 0) is 26.2 Å². The highest BCUT2D eigenvalue weighted by atomic mass is 16.5. The maximum absolute atomic E-state index is 11.0. The van der Waals surface area contributed by atoms with Crippen LogP contribution in [0.15, 0.2) is 12.2 Å². The number of carbonyl (C=O) groups is 1. The van der Waals surface area contributed by atoms with E-state index in [2.05, 4.69) is 19.1 Å². The van der Waals surface area contributed by atoms with Crippen LogP contribution >= 0.6 is 0 Å². The zero-order chi connectivity index (χ0) is 15.4. The van der Waals surface area contributed by atoms with Crippen LogP contribution in [0.5, 0.6) is 0 Å². The molecule has 6 heteroatoms. The number of carboxylic acids is 1. The Morgan fingerprint density at radius 2 is 1.85 bits per heavy atom. The molecule has 3 N–H and O–H groups in total. The van der Waals surface area contributed by atoms with Gasteiger partial charge in [-0.2, -0.15) is 0 Å². The number of rotatable bonds is 12. The van der Waals surface area contributed by atoms with Gasteiger partial charge in [0.25, 0.3) is 0 Å². The lowest BCUT2D eigenvalue weighted by atomic mass is 10.2. The zero-order valence-corrected chi connectivity index (χ0v) is 12.5. The fourth-order valence-corrected chi connectivity index (χ4v) is 1.67. The normalized spacial score (nSPS) is 13.8. The molecular weight excluding hydrogens is 262 g/mol. The maximum Gasteiger partial charge on any atom is 0.362 e. The van der Waals surface area contributed by atoms with Gasteiger partial charge in [0.2, 0.25) is 0 Å². The monoisotopic (exact) mass is 290 g/mol. The Labute approximate surface area is 120 Å². The molecule has 1 atom stereocenters. The van der Waals surface area contributed by atoms with E-state index in [1.165, 1.54) is 6.92 Å². The second kappa shape index (κ2) is 10.8. The number of quaternary nitrogens is 1. The SMILES string of the molecule is CCC/C=C/CCCOC[N+](CO)(CO)C(C)C(=O)O. The van der Waals surface area contributed by atoms with Crippen LogP contribution in [0.4, 0.5) is 0 Å². The number of allylic oxidation sites excluding steroid dienone is 2. The van der Waals surface area contributed by atoms with Crippen molar-refractivity contribution in [3.05, 3.63) is 12.2 Å². The first-order valence-electron chi connectivity index (χ1n) is 7.07. The third kappa shape index (κ3) is 6.47. The molecular formula is C14H28NO5+. The first-order chi connectivity index (χ1) is 9.54. The zero-order valence-electron chi connectivity index (χ0n) is 12.5. The highest BCUT2D eigenvalue weighted by molar-refractivity contribution is 5.71. The van der Waals surface area contributed by atoms with Crippen molar-refractivity contribution in [3.8, 4) is 0 Å². The number of aliphatic hydroxyl groups is 2. The minimum Gasteiger partial charge on any atom is -0.477 e. The fraction of sp³-hybridized carbons (Fsp3) is 0.786. The minimum atomic E-state index is -1.07. The number of hydrogen-bond donors (Lipinski definition) is 3. The van der Waals surface area contributed by atoms with Crippen LogP contribution in [-0.4, -0.2) is 58.6 Å². The van der Waals surface area contributed by atoms with Gasteiger partial charge >= 0.3 is 5.97 Å². The number of carboxylic acid groups (broad SMARTS) is 1. The summed E-state index contributed by atoms with van der Waals surface area (Å²) in [6.07, 6.45) is 8.19. The van der Waals surface area contributed by atoms with E-state index in [1.54, 1.807) is 0 Å². The lowest BCUT2D eigenvalue weighted by Gasteiger charge is -2.36.